The van der Waals surface area contributed by atoms with Crippen LogP contribution in [-0.4, -0.2) is 35.2 Å². The molecule has 4 aromatic rings. The fraction of sp³-hybridized carbons (Fsp3) is 0.375. The van der Waals surface area contributed by atoms with Crippen molar-refractivity contribution in [2.75, 3.05) is 5.32 Å². The molecule has 0 saturated heterocycles. The van der Waals surface area contributed by atoms with Crippen LogP contribution in [0.3, 0.4) is 0 Å². The third-order valence-corrected chi connectivity index (χ3v) is 6.13. The van der Waals surface area contributed by atoms with Gasteiger partial charge in [-0.3, -0.25) is 9.36 Å². The van der Waals surface area contributed by atoms with Crippen LogP contribution in [0.4, 0.5) is 5.82 Å². The van der Waals surface area contributed by atoms with Crippen molar-refractivity contribution in [3.05, 3.63) is 64.5 Å². The van der Waals surface area contributed by atoms with Crippen LogP contribution in [0.25, 0.3) is 17.0 Å². The van der Waals surface area contributed by atoms with Crippen LogP contribution in [0.2, 0.25) is 0 Å². The van der Waals surface area contributed by atoms with Crippen LogP contribution >= 0.6 is 0 Å². The number of fused-ring (bicyclic) bond motifs is 1. The van der Waals surface area contributed by atoms with Crippen molar-refractivity contribution in [2.45, 2.75) is 57.9 Å². The molecule has 0 radical (unpaired) electrons. The first-order valence-electron chi connectivity index (χ1n) is 11.2. The molecule has 1 saturated carbocycles. The highest BCUT2D eigenvalue weighted by molar-refractivity contribution is 6.05. The quantitative estimate of drug-likeness (QED) is 0.494. The number of nitrogens with zero attached hydrogens (tertiary/aromatic N) is 5. The highest BCUT2D eigenvalue weighted by atomic mass is 16.2. The van der Waals surface area contributed by atoms with E-state index in [1.54, 1.807) is 30.6 Å². The Morgan fingerprint density at radius 1 is 1.12 bits per heavy atom. The fourth-order valence-corrected chi connectivity index (χ4v) is 4.38. The van der Waals surface area contributed by atoms with Crippen LogP contribution in [0.1, 0.15) is 68.5 Å². The molecule has 170 valence electrons. The maximum atomic E-state index is 13.2. The molecule has 0 unspecified atom stereocenters. The van der Waals surface area contributed by atoms with Gasteiger partial charge in [-0.05, 0) is 37.1 Å². The van der Waals surface area contributed by atoms with Crippen molar-refractivity contribution in [1.29, 1.82) is 0 Å². The minimum Gasteiger partial charge on any atom is -0.306 e. The van der Waals surface area contributed by atoms with Crippen LogP contribution in [0.15, 0.2) is 47.5 Å². The molecule has 1 fully saturated rings. The van der Waals surface area contributed by atoms with Crippen molar-refractivity contribution in [2.24, 2.45) is 0 Å². The lowest BCUT2D eigenvalue weighted by atomic mass is 9.92. The number of amides is 1. The SMILES string of the molecule is CC(C)(C)c1cc(NC(=O)c2ccc3c(c2)[nH]c(=O)n3C2CCCC2)n(-c2ncccn2)n1. The Kier molecular flexibility index (Phi) is 5.11. The molecule has 2 N–H and O–H groups in total. The molecule has 0 bridgehead atoms. The Morgan fingerprint density at radius 3 is 2.55 bits per heavy atom. The molecular weight excluding hydrogens is 418 g/mol. The number of aromatic amines is 1. The van der Waals surface area contributed by atoms with Crippen LogP contribution < -0.4 is 11.0 Å². The van der Waals surface area contributed by atoms with Gasteiger partial charge in [0.1, 0.15) is 5.82 Å². The largest absolute Gasteiger partial charge is 0.326 e. The lowest BCUT2D eigenvalue weighted by molar-refractivity contribution is 0.102. The fourth-order valence-electron chi connectivity index (χ4n) is 4.38. The van der Waals surface area contributed by atoms with E-state index < -0.39 is 0 Å². The number of carbonyl (C=O) groups excluding carboxylic acids is 1. The normalized spacial score (nSPS) is 14.8. The number of benzene rings is 1. The van der Waals surface area contributed by atoms with Gasteiger partial charge in [0.05, 0.1) is 16.7 Å². The van der Waals surface area contributed by atoms with Crippen LogP contribution in [0.5, 0.6) is 0 Å². The average Bonchev–Trinajstić information content (AvgIpc) is 3.51. The monoisotopic (exact) mass is 445 g/mol. The van der Waals surface area contributed by atoms with Gasteiger partial charge >= 0.3 is 5.69 Å². The van der Waals surface area contributed by atoms with Gasteiger partial charge in [-0.25, -0.2) is 14.8 Å². The van der Waals surface area contributed by atoms with Crippen molar-refractivity contribution >= 4 is 22.8 Å². The Bertz CT molecular complexity index is 1370. The highest BCUT2D eigenvalue weighted by Crippen LogP contribution is 2.31. The van der Waals surface area contributed by atoms with Gasteiger partial charge in [0.25, 0.3) is 11.9 Å². The summed E-state index contributed by atoms with van der Waals surface area (Å²) in [5, 5.41) is 7.58. The van der Waals surface area contributed by atoms with Gasteiger partial charge in [-0.2, -0.15) is 9.78 Å². The zero-order valence-corrected chi connectivity index (χ0v) is 19.0. The van der Waals surface area contributed by atoms with E-state index in [4.69, 9.17) is 0 Å². The van der Waals surface area contributed by atoms with Gasteiger partial charge in [-0.1, -0.05) is 33.6 Å². The first-order valence-corrected chi connectivity index (χ1v) is 11.2. The lowest BCUT2D eigenvalue weighted by Crippen LogP contribution is -2.20. The van der Waals surface area contributed by atoms with E-state index in [0.717, 1.165) is 36.9 Å². The third-order valence-electron chi connectivity index (χ3n) is 6.13. The van der Waals surface area contributed by atoms with Crippen LogP contribution in [-0.2, 0) is 5.41 Å². The molecule has 9 heteroatoms. The minimum absolute atomic E-state index is 0.122. The van der Waals surface area contributed by atoms with E-state index in [9.17, 15) is 9.59 Å². The molecule has 9 nitrogen and oxygen atoms in total. The second-order valence-corrected chi connectivity index (χ2v) is 9.55. The Morgan fingerprint density at radius 2 is 1.85 bits per heavy atom. The van der Waals surface area contributed by atoms with Crippen molar-refractivity contribution in [3.63, 3.8) is 0 Å². The topological polar surface area (TPSA) is 110 Å². The maximum absolute atomic E-state index is 13.2. The van der Waals surface area contributed by atoms with E-state index in [-0.39, 0.29) is 23.1 Å². The summed E-state index contributed by atoms with van der Waals surface area (Å²) in [5.74, 6) is 0.550. The lowest BCUT2D eigenvalue weighted by Gasteiger charge is -2.13. The molecule has 0 atom stereocenters. The van der Waals surface area contributed by atoms with Crippen molar-refractivity contribution in [3.8, 4) is 5.95 Å². The average molecular weight is 446 g/mol. The number of rotatable bonds is 4. The van der Waals surface area contributed by atoms with E-state index >= 15 is 0 Å². The standard InChI is InChI=1S/C24H27N7O2/c1-24(2,3)19-14-20(31(29-19)22-25-11-6-12-26-22)28-21(32)15-9-10-18-17(13-15)27-23(33)30(18)16-7-4-5-8-16/h6,9-14,16H,4-5,7-8H2,1-3H3,(H,27,33)(H,28,32). The predicted octanol–water partition coefficient (Wildman–Crippen LogP) is 3.97. The minimum atomic E-state index is -0.302. The summed E-state index contributed by atoms with van der Waals surface area (Å²) >= 11 is 0. The number of H-pyrrole nitrogens is 1. The Balaban J connectivity index is 1.48. The van der Waals surface area contributed by atoms with Gasteiger partial charge < -0.3 is 10.3 Å². The van der Waals surface area contributed by atoms with E-state index in [1.165, 1.54) is 4.68 Å². The summed E-state index contributed by atoms with van der Waals surface area (Å²) in [4.78, 5) is 37.2. The molecule has 1 aliphatic carbocycles. The number of anilines is 1. The van der Waals surface area contributed by atoms with Crippen molar-refractivity contribution in [1.82, 2.24) is 29.3 Å². The molecule has 3 aromatic heterocycles. The smallest absolute Gasteiger partial charge is 0.306 e. The zero-order valence-electron chi connectivity index (χ0n) is 19.0. The summed E-state index contributed by atoms with van der Waals surface area (Å²) in [6.07, 6.45) is 7.56. The molecular formula is C24H27N7O2. The summed E-state index contributed by atoms with van der Waals surface area (Å²) in [7, 11) is 0. The second-order valence-electron chi connectivity index (χ2n) is 9.55. The number of imidazole rings is 1. The van der Waals surface area contributed by atoms with E-state index in [2.05, 4.69) is 46.1 Å². The molecule has 1 aromatic carbocycles. The van der Waals surface area contributed by atoms with E-state index in [0.29, 0.717) is 22.8 Å². The van der Waals surface area contributed by atoms with Gasteiger partial charge in [0.2, 0.25) is 0 Å². The number of aromatic nitrogens is 6. The highest BCUT2D eigenvalue weighted by Gasteiger charge is 2.24. The third kappa shape index (κ3) is 3.94. The molecule has 3 heterocycles. The Labute approximate surface area is 190 Å². The maximum Gasteiger partial charge on any atom is 0.326 e. The van der Waals surface area contributed by atoms with Gasteiger partial charge in [0, 0.05) is 35.5 Å². The van der Waals surface area contributed by atoms with Crippen molar-refractivity contribution < 1.29 is 4.79 Å². The molecule has 0 aliphatic heterocycles. The predicted molar refractivity (Wildman–Crippen MR) is 126 cm³/mol. The van der Waals surface area contributed by atoms with Crippen LogP contribution in [0, 0.1) is 0 Å². The first-order chi connectivity index (χ1) is 15.8. The molecule has 0 spiro atoms. The number of hydrogen-bond donors (Lipinski definition) is 2. The molecule has 33 heavy (non-hydrogen) atoms. The van der Waals surface area contributed by atoms with Gasteiger partial charge in [-0.15, -0.1) is 0 Å². The summed E-state index contributed by atoms with van der Waals surface area (Å²) in [5.41, 5.74) is 2.40. The van der Waals surface area contributed by atoms with E-state index in [1.807, 2.05) is 16.7 Å². The van der Waals surface area contributed by atoms with Gasteiger partial charge in [0.15, 0.2) is 0 Å². The summed E-state index contributed by atoms with van der Waals surface area (Å²) in [6.45, 7) is 6.16. The molecule has 5 rings (SSSR count). The second kappa shape index (κ2) is 7.99. The molecule has 1 amide bonds. The first kappa shape index (κ1) is 21.1. The Hall–Kier alpha value is -3.75. The summed E-state index contributed by atoms with van der Waals surface area (Å²) < 4.78 is 3.37. The number of carbonyl (C=O) groups is 1. The molecule has 1 aliphatic rings. The number of hydrogen-bond acceptors (Lipinski definition) is 5. The zero-order chi connectivity index (χ0) is 23.2. The number of nitrogens with one attached hydrogen (secondary N) is 2. The summed E-state index contributed by atoms with van der Waals surface area (Å²) in [6, 6.07) is 9.11.